The fourth-order valence-electron chi connectivity index (χ4n) is 1.16. The van der Waals surface area contributed by atoms with Gasteiger partial charge in [-0.2, -0.15) is 4.98 Å². The minimum Gasteiger partial charge on any atom is -0.479 e. The van der Waals surface area contributed by atoms with Crippen LogP contribution in [0.2, 0.25) is 0 Å². The van der Waals surface area contributed by atoms with E-state index in [9.17, 15) is 8.42 Å². The molecule has 0 fully saturated rings. The van der Waals surface area contributed by atoms with Crippen LogP contribution in [-0.2, 0) is 10.0 Å². The lowest BCUT2D eigenvalue weighted by molar-refractivity contribution is 0.399. The van der Waals surface area contributed by atoms with E-state index in [0.29, 0.717) is 18.8 Å². The highest BCUT2D eigenvalue weighted by atomic mass is 32.2. The number of rotatable bonds is 6. The van der Waals surface area contributed by atoms with Crippen molar-refractivity contribution in [2.45, 2.75) is 6.42 Å². The number of nitrogens with one attached hydrogen (secondary N) is 1. The minimum atomic E-state index is -3.43. The molecule has 9 heteroatoms. The number of nitrogens with two attached hydrogens (primary N) is 2. The van der Waals surface area contributed by atoms with Gasteiger partial charge in [0.25, 0.3) is 0 Å². The Bertz CT molecular complexity index is 476. The number of sulfonamides is 1. The summed E-state index contributed by atoms with van der Waals surface area (Å²) in [6.45, 7) is 0.390. The van der Waals surface area contributed by atoms with E-state index in [0.717, 1.165) is 0 Å². The smallest absolute Gasteiger partial charge is 0.242 e. The number of ether oxygens (including phenoxy) is 1. The molecular formula is C8H15N5O3S. The molecule has 0 atom stereocenters. The molecule has 0 aliphatic rings. The van der Waals surface area contributed by atoms with Crippen molar-refractivity contribution in [3.63, 3.8) is 0 Å². The number of nitrogen functional groups attached to an aromatic ring is 1. The van der Waals surface area contributed by atoms with Gasteiger partial charge in [-0.1, -0.05) is 0 Å². The van der Waals surface area contributed by atoms with E-state index in [-0.39, 0.29) is 17.3 Å². The summed E-state index contributed by atoms with van der Waals surface area (Å²) in [7, 11) is -1.98. The van der Waals surface area contributed by atoms with E-state index < -0.39 is 10.0 Å². The van der Waals surface area contributed by atoms with Gasteiger partial charge in [0.05, 0.1) is 12.9 Å². The predicted octanol–water partition coefficient (Wildman–Crippen LogP) is -0.842. The molecular weight excluding hydrogens is 246 g/mol. The van der Waals surface area contributed by atoms with Crippen molar-refractivity contribution in [2.24, 2.45) is 5.14 Å². The van der Waals surface area contributed by atoms with E-state index in [4.69, 9.17) is 15.6 Å². The molecule has 1 aromatic rings. The Morgan fingerprint density at radius 3 is 2.76 bits per heavy atom. The van der Waals surface area contributed by atoms with Gasteiger partial charge in [0.1, 0.15) is 12.0 Å². The Kier molecular flexibility index (Phi) is 4.46. The largest absolute Gasteiger partial charge is 0.479 e. The van der Waals surface area contributed by atoms with E-state index in [2.05, 4.69) is 15.3 Å². The van der Waals surface area contributed by atoms with Crippen LogP contribution in [0.25, 0.3) is 0 Å². The van der Waals surface area contributed by atoms with Crippen LogP contribution in [0.1, 0.15) is 6.42 Å². The maximum atomic E-state index is 10.7. The zero-order valence-corrected chi connectivity index (χ0v) is 10.2. The molecule has 0 aromatic carbocycles. The topological polar surface area (TPSA) is 133 Å². The fourth-order valence-corrected chi connectivity index (χ4v) is 1.71. The first kappa shape index (κ1) is 13.5. The van der Waals surface area contributed by atoms with Crippen molar-refractivity contribution in [1.29, 1.82) is 0 Å². The summed E-state index contributed by atoms with van der Waals surface area (Å²) in [6, 6.07) is 0. The fraction of sp³-hybridized carbons (Fsp3) is 0.500. The molecule has 17 heavy (non-hydrogen) atoms. The molecule has 0 aliphatic heterocycles. The molecule has 1 aromatic heterocycles. The number of aromatic nitrogens is 2. The zero-order valence-electron chi connectivity index (χ0n) is 9.38. The van der Waals surface area contributed by atoms with Crippen LogP contribution in [0, 0.1) is 0 Å². The molecule has 0 saturated carbocycles. The van der Waals surface area contributed by atoms with Crippen LogP contribution in [-0.4, -0.2) is 37.8 Å². The summed E-state index contributed by atoms with van der Waals surface area (Å²) in [5.41, 5.74) is 5.99. The third kappa shape index (κ3) is 4.41. The molecule has 0 aliphatic carbocycles. The lowest BCUT2D eigenvalue weighted by Crippen LogP contribution is -2.19. The Balaban J connectivity index is 2.52. The number of hydrogen-bond donors (Lipinski definition) is 3. The summed E-state index contributed by atoms with van der Waals surface area (Å²) < 4.78 is 26.3. The summed E-state index contributed by atoms with van der Waals surface area (Å²) in [5, 5.41) is 7.75. The lowest BCUT2D eigenvalue weighted by atomic mass is 10.4. The summed E-state index contributed by atoms with van der Waals surface area (Å²) in [4.78, 5) is 7.72. The Morgan fingerprint density at radius 2 is 2.18 bits per heavy atom. The molecule has 5 N–H and O–H groups in total. The average Bonchev–Trinajstić information content (AvgIpc) is 2.25. The van der Waals surface area contributed by atoms with Gasteiger partial charge in [-0.3, -0.25) is 0 Å². The maximum absolute atomic E-state index is 10.7. The van der Waals surface area contributed by atoms with Gasteiger partial charge >= 0.3 is 0 Å². The van der Waals surface area contributed by atoms with Crippen molar-refractivity contribution in [3.8, 4) is 5.88 Å². The van der Waals surface area contributed by atoms with Crippen molar-refractivity contribution >= 4 is 21.5 Å². The standard InChI is InChI=1S/C8H15N5O3S/c1-16-8-6(9)7(12-5-13-8)11-3-2-4-17(10,14)15/h5H,2-4,9H2,1H3,(H2,10,14,15)(H,11,12,13). The van der Waals surface area contributed by atoms with Crippen LogP contribution in [0.15, 0.2) is 6.33 Å². The van der Waals surface area contributed by atoms with Crippen LogP contribution in [0.3, 0.4) is 0 Å². The molecule has 96 valence electrons. The van der Waals surface area contributed by atoms with Gasteiger partial charge < -0.3 is 15.8 Å². The molecule has 0 bridgehead atoms. The monoisotopic (exact) mass is 261 g/mol. The molecule has 1 rings (SSSR count). The molecule has 0 spiro atoms. The van der Waals surface area contributed by atoms with Crippen molar-refractivity contribution < 1.29 is 13.2 Å². The molecule has 1 heterocycles. The second-order valence-corrected chi connectivity index (χ2v) is 5.03. The first-order valence-corrected chi connectivity index (χ1v) is 6.54. The van der Waals surface area contributed by atoms with Gasteiger partial charge in [0, 0.05) is 6.54 Å². The van der Waals surface area contributed by atoms with Crippen LogP contribution in [0.4, 0.5) is 11.5 Å². The zero-order chi connectivity index (χ0) is 12.9. The first-order chi connectivity index (χ1) is 7.94. The van der Waals surface area contributed by atoms with Crippen LogP contribution in [0.5, 0.6) is 5.88 Å². The molecule has 0 radical (unpaired) electrons. The Morgan fingerprint density at radius 1 is 1.47 bits per heavy atom. The third-order valence-electron chi connectivity index (χ3n) is 1.94. The van der Waals surface area contributed by atoms with Crippen molar-refractivity contribution in [1.82, 2.24) is 9.97 Å². The highest BCUT2D eigenvalue weighted by Gasteiger charge is 2.08. The maximum Gasteiger partial charge on any atom is 0.242 e. The number of methoxy groups -OCH3 is 1. The van der Waals surface area contributed by atoms with E-state index in [1.54, 1.807) is 0 Å². The van der Waals surface area contributed by atoms with Gasteiger partial charge in [-0.15, -0.1) is 0 Å². The highest BCUT2D eigenvalue weighted by molar-refractivity contribution is 7.89. The second kappa shape index (κ2) is 5.64. The lowest BCUT2D eigenvalue weighted by Gasteiger charge is -2.09. The van der Waals surface area contributed by atoms with Gasteiger partial charge in [0.2, 0.25) is 15.9 Å². The Hall–Kier alpha value is -1.61. The van der Waals surface area contributed by atoms with E-state index >= 15 is 0 Å². The van der Waals surface area contributed by atoms with E-state index in [1.807, 2.05) is 0 Å². The summed E-state index contributed by atoms with van der Waals surface area (Å²) >= 11 is 0. The third-order valence-corrected chi connectivity index (χ3v) is 2.80. The molecule has 8 nitrogen and oxygen atoms in total. The summed E-state index contributed by atoms with van der Waals surface area (Å²) in [5.74, 6) is 0.586. The number of hydrogen-bond acceptors (Lipinski definition) is 7. The van der Waals surface area contributed by atoms with Crippen molar-refractivity contribution in [2.75, 3.05) is 30.5 Å². The van der Waals surface area contributed by atoms with E-state index in [1.165, 1.54) is 13.4 Å². The quantitative estimate of drug-likeness (QED) is 0.568. The summed E-state index contributed by atoms with van der Waals surface area (Å²) in [6.07, 6.45) is 1.67. The minimum absolute atomic E-state index is 0.0951. The molecule has 0 saturated heterocycles. The Labute approximate surface area is 99.4 Å². The SMILES string of the molecule is COc1ncnc(NCCCS(N)(=O)=O)c1N. The second-order valence-electron chi connectivity index (χ2n) is 3.29. The number of nitrogens with zero attached hydrogens (tertiary/aromatic N) is 2. The predicted molar refractivity (Wildman–Crippen MR) is 64.1 cm³/mol. The van der Waals surface area contributed by atoms with Crippen LogP contribution >= 0.6 is 0 Å². The average molecular weight is 261 g/mol. The number of primary sulfonamides is 1. The first-order valence-electron chi connectivity index (χ1n) is 4.83. The normalized spacial score (nSPS) is 11.2. The van der Waals surface area contributed by atoms with Crippen molar-refractivity contribution in [3.05, 3.63) is 6.33 Å². The van der Waals surface area contributed by atoms with Crippen LogP contribution < -0.4 is 20.9 Å². The molecule has 0 unspecified atom stereocenters. The number of anilines is 2. The molecule has 0 amide bonds. The van der Waals surface area contributed by atoms with Gasteiger partial charge in [-0.25, -0.2) is 18.5 Å². The van der Waals surface area contributed by atoms with Gasteiger partial charge in [0.15, 0.2) is 5.82 Å². The highest BCUT2D eigenvalue weighted by Crippen LogP contribution is 2.23. The van der Waals surface area contributed by atoms with Gasteiger partial charge in [-0.05, 0) is 6.42 Å².